The molecule has 9 heteroatoms. The molecule has 0 bridgehead atoms. The van der Waals surface area contributed by atoms with Gasteiger partial charge in [0.1, 0.15) is 12.6 Å². The van der Waals surface area contributed by atoms with Crippen LogP contribution in [0.2, 0.25) is 5.02 Å². The maximum atomic E-state index is 13.0. The van der Waals surface area contributed by atoms with Gasteiger partial charge in [-0.1, -0.05) is 23.7 Å². The van der Waals surface area contributed by atoms with E-state index >= 15 is 0 Å². The van der Waals surface area contributed by atoms with Crippen molar-refractivity contribution in [3.05, 3.63) is 59.2 Å². The maximum Gasteiger partial charge on any atom is 0.325 e. The molecule has 0 saturated carbocycles. The second kappa shape index (κ2) is 8.37. The zero-order chi connectivity index (χ0) is 22.2. The van der Waals surface area contributed by atoms with E-state index in [4.69, 9.17) is 21.1 Å². The first kappa shape index (κ1) is 20.7. The molecule has 0 spiro atoms. The van der Waals surface area contributed by atoms with Crippen LogP contribution in [0.4, 0.5) is 0 Å². The number of hydrogen-bond donors (Lipinski definition) is 2. The van der Waals surface area contributed by atoms with Gasteiger partial charge >= 0.3 is 5.97 Å². The lowest BCUT2D eigenvalue weighted by molar-refractivity contribution is -0.147. The molecule has 1 fully saturated rings. The average Bonchev–Trinajstić information content (AvgIpc) is 3.21. The molecular weight excluding hydrogens is 434 g/mol. The Morgan fingerprint density at radius 3 is 2.59 bits per heavy atom. The van der Waals surface area contributed by atoms with Crippen molar-refractivity contribution in [1.82, 2.24) is 14.8 Å². The van der Waals surface area contributed by atoms with E-state index < -0.39 is 18.1 Å². The molecule has 2 N–H and O–H groups in total. The van der Waals surface area contributed by atoms with Gasteiger partial charge in [-0.05, 0) is 30.3 Å². The normalized spacial score (nSPS) is 19.7. The Morgan fingerprint density at radius 2 is 1.84 bits per heavy atom. The summed E-state index contributed by atoms with van der Waals surface area (Å²) in [6.07, 6.45) is 1.02. The van der Waals surface area contributed by atoms with Gasteiger partial charge in [-0.15, -0.1) is 0 Å². The average molecular weight is 456 g/mol. The summed E-state index contributed by atoms with van der Waals surface area (Å²) < 4.78 is 11.5. The number of nitrogens with zero attached hydrogens (tertiary/aromatic N) is 2. The van der Waals surface area contributed by atoms with Crippen LogP contribution in [0.1, 0.15) is 11.6 Å². The van der Waals surface area contributed by atoms with E-state index in [2.05, 4.69) is 4.98 Å². The lowest BCUT2D eigenvalue weighted by Gasteiger charge is -2.39. The van der Waals surface area contributed by atoms with Crippen LogP contribution in [0.3, 0.4) is 0 Å². The van der Waals surface area contributed by atoms with Crippen LogP contribution >= 0.6 is 11.6 Å². The fraction of sp³-hybridized carbons (Fsp3) is 0.304. The molecule has 1 saturated heterocycles. The first-order valence-corrected chi connectivity index (χ1v) is 10.8. The van der Waals surface area contributed by atoms with Crippen molar-refractivity contribution >= 4 is 34.4 Å². The number of halogens is 1. The minimum absolute atomic E-state index is 0.148. The molecule has 1 amide bonds. The number of carbonyl (C=O) groups excluding carboxylic acids is 1. The molecule has 32 heavy (non-hydrogen) atoms. The van der Waals surface area contributed by atoms with Gasteiger partial charge < -0.3 is 24.5 Å². The molecule has 3 heterocycles. The highest BCUT2D eigenvalue weighted by molar-refractivity contribution is 6.31. The van der Waals surface area contributed by atoms with Gasteiger partial charge in [-0.25, -0.2) is 0 Å². The number of nitrogens with one attached hydrogen (secondary N) is 1. The molecule has 2 aromatic carbocycles. The molecule has 166 valence electrons. The molecule has 5 rings (SSSR count). The van der Waals surface area contributed by atoms with E-state index in [1.54, 1.807) is 35.4 Å². The summed E-state index contributed by atoms with van der Waals surface area (Å²) in [6.45, 7) is 1.84. The number of H-pyrrole nitrogens is 1. The second-order valence-electron chi connectivity index (χ2n) is 7.90. The fourth-order valence-corrected chi connectivity index (χ4v) is 4.54. The smallest absolute Gasteiger partial charge is 0.325 e. The Hall–Kier alpha value is -3.23. The molecule has 3 aromatic rings. The Morgan fingerprint density at radius 1 is 1.09 bits per heavy atom. The number of aliphatic carboxylic acids is 1. The summed E-state index contributed by atoms with van der Waals surface area (Å²) in [7, 11) is 0. The molecule has 0 unspecified atom stereocenters. The van der Waals surface area contributed by atoms with Gasteiger partial charge in [0.25, 0.3) is 5.91 Å². The number of ether oxygens (including phenoxy) is 2. The van der Waals surface area contributed by atoms with Gasteiger partial charge in [0.05, 0.1) is 0 Å². The number of benzene rings is 2. The predicted molar refractivity (Wildman–Crippen MR) is 118 cm³/mol. The number of aromatic amines is 1. The molecule has 2 aliphatic heterocycles. The van der Waals surface area contributed by atoms with Crippen molar-refractivity contribution < 1.29 is 24.2 Å². The second-order valence-corrected chi connectivity index (χ2v) is 8.34. The van der Waals surface area contributed by atoms with E-state index in [9.17, 15) is 14.7 Å². The first-order valence-electron chi connectivity index (χ1n) is 10.4. The summed E-state index contributed by atoms with van der Waals surface area (Å²) in [5.41, 5.74) is 1.49. The van der Waals surface area contributed by atoms with E-state index in [-0.39, 0.29) is 12.5 Å². The Balaban J connectivity index is 1.28. The molecule has 2 atom stereocenters. The topological polar surface area (TPSA) is 95.1 Å². The third-order valence-corrected chi connectivity index (χ3v) is 6.21. The first-order chi connectivity index (χ1) is 15.5. The molecular formula is C23H22ClN3O5. The molecule has 8 nitrogen and oxygen atoms in total. The van der Waals surface area contributed by atoms with Crippen molar-refractivity contribution in [2.24, 2.45) is 0 Å². The number of carbonyl (C=O) groups is 2. The Kier molecular flexibility index (Phi) is 5.40. The zero-order valence-electron chi connectivity index (χ0n) is 17.2. The summed E-state index contributed by atoms with van der Waals surface area (Å²) in [4.78, 5) is 31.9. The highest BCUT2D eigenvalue weighted by Gasteiger charge is 2.36. The third-order valence-electron chi connectivity index (χ3n) is 5.98. The van der Waals surface area contributed by atoms with Crippen LogP contribution in [0.5, 0.6) is 11.5 Å². The summed E-state index contributed by atoms with van der Waals surface area (Å²) in [6, 6.07) is 11.8. The number of hydrogen-bond acceptors (Lipinski definition) is 5. The number of carboxylic acid groups (broad SMARTS) is 1. The summed E-state index contributed by atoms with van der Waals surface area (Å²) in [5.74, 6) is 0.0975. The lowest BCUT2D eigenvalue weighted by atomic mass is 10.0. The van der Waals surface area contributed by atoms with Gasteiger partial charge in [0, 0.05) is 53.9 Å². The van der Waals surface area contributed by atoms with Crippen molar-refractivity contribution in [2.45, 2.75) is 12.1 Å². The van der Waals surface area contributed by atoms with Gasteiger partial charge in [-0.3, -0.25) is 14.5 Å². The number of amides is 1. The van der Waals surface area contributed by atoms with Gasteiger partial charge in [0.15, 0.2) is 11.5 Å². The largest absolute Gasteiger partial charge is 0.485 e. The van der Waals surface area contributed by atoms with Gasteiger partial charge in [0.2, 0.25) is 6.10 Å². The monoisotopic (exact) mass is 455 g/mol. The van der Waals surface area contributed by atoms with Gasteiger partial charge in [-0.2, -0.15) is 0 Å². The van der Waals surface area contributed by atoms with Crippen LogP contribution in [0.25, 0.3) is 10.9 Å². The van der Waals surface area contributed by atoms with Crippen LogP contribution in [0, 0.1) is 0 Å². The van der Waals surface area contributed by atoms with Crippen molar-refractivity contribution in [3.8, 4) is 11.5 Å². The van der Waals surface area contributed by atoms with Crippen LogP contribution in [-0.2, 0) is 9.59 Å². The number of rotatable bonds is 4. The van der Waals surface area contributed by atoms with Crippen molar-refractivity contribution in [3.63, 3.8) is 0 Å². The number of fused-ring (bicyclic) bond motifs is 2. The maximum absolute atomic E-state index is 13.0. The van der Waals surface area contributed by atoms with Crippen molar-refractivity contribution in [2.75, 3.05) is 32.8 Å². The minimum atomic E-state index is -0.939. The number of carboxylic acids is 1. The van der Waals surface area contributed by atoms with E-state index in [1.165, 1.54) is 0 Å². The predicted octanol–water partition coefficient (Wildman–Crippen LogP) is 2.93. The Labute approximate surface area is 189 Å². The standard InChI is InChI=1S/C23H22ClN3O5/c24-14-5-6-17-15(11-14)16(12-25-17)21(23(29)30)26-7-9-27(10-8-26)22(28)20-13-31-18-3-1-2-4-19(18)32-20/h1-6,11-12,20-21,25H,7-10,13H2,(H,29,30)/t20-,21-/m0/s1. The van der Waals surface area contributed by atoms with Crippen LogP contribution < -0.4 is 9.47 Å². The third kappa shape index (κ3) is 3.76. The van der Waals surface area contributed by atoms with E-state index in [0.29, 0.717) is 48.3 Å². The summed E-state index contributed by atoms with van der Waals surface area (Å²) in [5, 5.41) is 11.3. The quantitative estimate of drug-likeness (QED) is 0.628. The van der Waals surface area contributed by atoms with E-state index in [0.717, 1.165) is 10.9 Å². The van der Waals surface area contributed by atoms with Crippen LogP contribution in [0.15, 0.2) is 48.7 Å². The minimum Gasteiger partial charge on any atom is -0.485 e. The molecule has 0 radical (unpaired) electrons. The molecule has 0 aliphatic carbocycles. The fourth-order valence-electron chi connectivity index (χ4n) is 4.37. The van der Waals surface area contributed by atoms with Crippen LogP contribution in [-0.4, -0.2) is 70.7 Å². The SMILES string of the molecule is O=C(O)[C@H](c1c[nH]c2ccc(Cl)cc12)N1CCN(C(=O)[C@@H]2COc3ccccc3O2)CC1. The number of piperazine rings is 1. The molecule has 2 aliphatic rings. The lowest BCUT2D eigenvalue weighted by Crippen LogP contribution is -2.55. The zero-order valence-corrected chi connectivity index (χ0v) is 17.9. The highest BCUT2D eigenvalue weighted by Crippen LogP contribution is 2.33. The van der Waals surface area contributed by atoms with Crippen molar-refractivity contribution in [1.29, 1.82) is 0 Å². The molecule has 1 aromatic heterocycles. The number of aromatic nitrogens is 1. The van der Waals surface area contributed by atoms with E-state index in [1.807, 2.05) is 23.1 Å². The summed E-state index contributed by atoms with van der Waals surface area (Å²) >= 11 is 6.14. The number of para-hydroxylation sites is 2. The Bertz CT molecular complexity index is 1170. The highest BCUT2D eigenvalue weighted by atomic mass is 35.5.